The summed E-state index contributed by atoms with van der Waals surface area (Å²) in [6, 6.07) is 28.4. The van der Waals surface area contributed by atoms with Gasteiger partial charge in [-0.2, -0.15) is 0 Å². The van der Waals surface area contributed by atoms with Crippen LogP contribution in [0.25, 0.3) is 5.69 Å². The number of ether oxygens (including phenoxy) is 1. The first-order valence-corrected chi connectivity index (χ1v) is 12.3. The Hall–Kier alpha value is -2.96. The fraction of sp³-hybridized carbons (Fsp3) is 0.154. The Bertz CT molecular complexity index is 1250. The molecule has 5 rings (SSSR count). The highest BCUT2D eigenvalue weighted by molar-refractivity contribution is 8.00. The predicted molar refractivity (Wildman–Crippen MR) is 131 cm³/mol. The van der Waals surface area contributed by atoms with Gasteiger partial charge in [-0.1, -0.05) is 84.6 Å². The number of aryl methyl sites for hydroxylation is 1. The third kappa shape index (κ3) is 3.96. The third-order valence-corrected chi connectivity index (χ3v) is 7.79. The topological polar surface area (TPSA) is 44.1 Å². The van der Waals surface area contributed by atoms with E-state index < -0.39 is 0 Å². The highest BCUT2D eigenvalue weighted by atomic mass is 32.2. The molecule has 0 spiro atoms. The van der Waals surface area contributed by atoms with Crippen LogP contribution in [0.5, 0.6) is 5.75 Å². The van der Waals surface area contributed by atoms with E-state index in [0.717, 1.165) is 22.8 Å². The summed E-state index contributed by atoms with van der Waals surface area (Å²) >= 11 is 3.19. The maximum atomic E-state index is 13.6. The van der Waals surface area contributed by atoms with Crippen LogP contribution in [0.1, 0.15) is 22.1 Å². The van der Waals surface area contributed by atoms with Crippen molar-refractivity contribution < 1.29 is 4.74 Å². The van der Waals surface area contributed by atoms with Crippen LogP contribution in [0.15, 0.2) is 99.8 Å². The van der Waals surface area contributed by atoms with Crippen LogP contribution in [0.4, 0.5) is 0 Å². The maximum absolute atomic E-state index is 13.6. The Morgan fingerprint density at radius 1 is 0.938 bits per heavy atom. The lowest BCUT2D eigenvalue weighted by Crippen LogP contribution is -2.24. The molecule has 32 heavy (non-hydrogen) atoms. The summed E-state index contributed by atoms with van der Waals surface area (Å²) in [5, 5.41) is 0.677. The zero-order valence-electron chi connectivity index (χ0n) is 17.6. The van der Waals surface area contributed by atoms with E-state index in [1.54, 1.807) is 35.2 Å². The van der Waals surface area contributed by atoms with Crippen molar-refractivity contribution in [2.75, 3.05) is 12.9 Å². The Kier molecular flexibility index (Phi) is 6.06. The van der Waals surface area contributed by atoms with E-state index in [1.807, 2.05) is 60.7 Å². The summed E-state index contributed by atoms with van der Waals surface area (Å²) in [4.78, 5) is 19.4. The van der Waals surface area contributed by atoms with Gasteiger partial charge in [-0.3, -0.25) is 9.36 Å². The number of thioether (sulfide) groups is 2. The van der Waals surface area contributed by atoms with Crippen molar-refractivity contribution in [2.24, 2.45) is 0 Å². The number of aromatic nitrogens is 2. The van der Waals surface area contributed by atoms with Crippen LogP contribution >= 0.6 is 23.5 Å². The highest BCUT2D eigenvalue weighted by Gasteiger charge is 2.26. The molecule has 3 aromatic carbocycles. The largest absolute Gasteiger partial charge is 0.495 e. The van der Waals surface area contributed by atoms with Crippen LogP contribution in [-0.2, 0) is 6.42 Å². The average Bonchev–Trinajstić information content (AvgIpc) is 3.33. The van der Waals surface area contributed by atoms with E-state index >= 15 is 0 Å². The molecule has 1 aliphatic rings. The fourth-order valence-corrected chi connectivity index (χ4v) is 6.16. The summed E-state index contributed by atoms with van der Waals surface area (Å²) in [5.74, 6) is 1.54. The number of methoxy groups -OCH3 is 1. The van der Waals surface area contributed by atoms with Crippen LogP contribution in [-0.4, -0.2) is 22.4 Å². The minimum absolute atomic E-state index is 0.00244. The third-order valence-electron chi connectivity index (χ3n) is 5.42. The molecule has 160 valence electrons. The molecule has 0 aliphatic carbocycles. The molecule has 4 aromatic rings. The monoisotopic (exact) mass is 458 g/mol. The second-order valence-electron chi connectivity index (χ2n) is 7.40. The van der Waals surface area contributed by atoms with Gasteiger partial charge >= 0.3 is 0 Å². The van der Waals surface area contributed by atoms with E-state index in [2.05, 4.69) is 24.3 Å². The molecule has 4 nitrogen and oxygen atoms in total. The Morgan fingerprint density at radius 2 is 1.56 bits per heavy atom. The first-order chi connectivity index (χ1) is 15.8. The van der Waals surface area contributed by atoms with Crippen molar-refractivity contribution in [2.45, 2.75) is 21.7 Å². The lowest BCUT2D eigenvalue weighted by Gasteiger charge is -2.21. The number of benzene rings is 3. The number of fused-ring (bicyclic) bond motifs is 1. The molecule has 0 bridgehead atoms. The maximum Gasteiger partial charge on any atom is 0.272 e. The van der Waals surface area contributed by atoms with Gasteiger partial charge in [0, 0.05) is 12.2 Å². The molecule has 0 saturated carbocycles. The molecule has 0 N–H and O–H groups in total. The SMILES string of the molecule is COc1ccccc1-n1c(SC(c2ccccc2)c2ccccc2)nc2c(c1=O)SCC2. The number of para-hydroxylation sites is 2. The quantitative estimate of drug-likeness (QED) is 0.271. The summed E-state index contributed by atoms with van der Waals surface area (Å²) in [6.45, 7) is 0. The first kappa shape index (κ1) is 20.9. The molecule has 0 atom stereocenters. The minimum Gasteiger partial charge on any atom is -0.495 e. The molecule has 2 heterocycles. The van der Waals surface area contributed by atoms with Crippen LogP contribution in [0, 0.1) is 0 Å². The van der Waals surface area contributed by atoms with Gasteiger partial charge in [0.2, 0.25) is 0 Å². The first-order valence-electron chi connectivity index (χ1n) is 10.4. The van der Waals surface area contributed by atoms with E-state index in [0.29, 0.717) is 16.6 Å². The summed E-state index contributed by atoms with van der Waals surface area (Å²) < 4.78 is 7.32. The van der Waals surface area contributed by atoms with Crippen molar-refractivity contribution in [1.29, 1.82) is 0 Å². The smallest absolute Gasteiger partial charge is 0.272 e. The van der Waals surface area contributed by atoms with Crippen LogP contribution in [0.3, 0.4) is 0 Å². The van der Waals surface area contributed by atoms with Gasteiger partial charge in [0.1, 0.15) is 5.75 Å². The molecule has 0 saturated heterocycles. The molecule has 0 unspecified atom stereocenters. The minimum atomic E-state index is -0.0237. The van der Waals surface area contributed by atoms with Gasteiger partial charge in [0.05, 0.1) is 28.6 Å². The van der Waals surface area contributed by atoms with Gasteiger partial charge < -0.3 is 4.74 Å². The molecule has 6 heteroatoms. The molecule has 0 amide bonds. The average molecular weight is 459 g/mol. The Labute approximate surface area is 195 Å². The van der Waals surface area contributed by atoms with Crippen LogP contribution in [0.2, 0.25) is 0 Å². The van der Waals surface area contributed by atoms with Crippen molar-refractivity contribution >= 4 is 23.5 Å². The second-order valence-corrected chi connectivity index (χ2v) is 9.58. The zero-order valence-corrected chi connectivity index (χ0v) is 19.2. The van der Waals surface area contributed by atoms with E-state index in [1.165, 1.54) is 11.1 Å². The van der Waals surface area contributed by atoms with Gasteiger partial charge in [-0.15, -0.1) is 11.8 Å². The molecule has 1 aliphatic heterocycles. The standard InChI is InChI=1S/C26H22N2O2S2/c1-30-22-15-9-8-14-21(22)28-25(29)24-20(16-17-31-24)27-26(28)32-23(18-10-4-2-5-11-18)19-12-6-3-7-13-19/h2-15,23H,16-17H2,1H3. The summed E-state index contributed by atoms with van der Waals surface area (Å²) in [5.41, 5.74) is 3.92. The van der Waals surface area contributed by atoms with Crippen molar-refractivity contribution in [1.82, 2.24) is 9.55 Å². The Balaban J connectivity index is 1.70. The van der Waals surface area contributed by atoms with E-state index in [9.17, 15) is 4.79 Å². The molecular weight excluding hydrogens is 436 g/mol. The number of hydrogen-bond acceptors (Lipinski definition) is 5. The van der Waals surface area contributed by atoms with Crippen molar-refractivity contribution in [3.63, 3.8) is 0 Å². The Morgan fingerprint density at radius 3 is 2.22 bits per heavy atom. The van der Waals surface area contributed by atoms with E-state index in [-0.39, 0.29) is 10.8 Å². The molecule has 0 radical (unpaired) electrons. The summed E-state index contributed by atoms with van der Waals surface area (Å²) in [7, 11) is 1.63. The van der Waals surface area contributed by atoms with Crippen molar-refractivity contribution in [3.05, 3.63) is 112 Å². The van der Waals surface area contributed by atoms with Gasteiger partial charge in [-0.05, 0) is 23.3 Å². The number of hydrogen-bond donors (Lipinski definition) is 0. The van der Waals surface area contributed by atoms with E-state index in [4.69, 9.17) is 9.72 Å². The summed E-state index contributed by atoms with van der Waals surface area (Å²) in [6.07, 6.45) is 0.816. The number of nitrogens with zero attached hydrogens (tertiary/aromatic N) is 2. The molecular formula is C26H22N2O2S2. The molecule has 0 fully saturated rings. The lowest BCUT2D eigenvalue weighted by atomic mass is 10.0. The molecule has 1 aromatic heterocycles. The zero-order chi connectivity index (χ0) is 21.9. The lowest BCUT2D eigenvalue weighted by molar-refractivity contribution is 0.411. The van der Waals surface area contributed by atoms with Crippen molar-refractivity contribution in [3.8, 4) is 11.4 Å². The highest BCUT2D eigenvalue weighted by Crippen LogP contribution is 2.41. The predicted octanol–water partition coefficient (Wildman–Crippen LogP) is 5.77. The number of rotatable bonds is 6. The van der Waals surface area contributed by atoms with Gasteiger partial charge in [0.15, 0.2) is 5.16 Å². The fourth-order valence-electron chi connectivity index (χ4n) is 3.89. The van der Waals surface area contributed by atoms with Gasteiger partial charge in [-0.25, -0.2) is 4.98 Å². The second kappa shape index (κ2) is 9.27. The van der Waals surface area contributed by atoms with Crippen LogP contribution < -0.4 is 10.3 Å². The normalized spacial score (nSPS) is 12.7. The van der Waals surface area contributed by atoms with Gasteiger partial charge in [0.25, 0.3) is 5.56 Å².